The minimum Gasteiger partial charge on any atom is -0.398 e. The van der Waals surface area contributed by atoms with Crippen LogP contribution in [0, 0.1) is 13.8 Å². The molecule has 0 saturated heterocycles. The van der Waals surface area contributed by atoms with Crippen LogP contribution in [0.25, 0.3) is 0 Å². The largest absolute Gasteiger partial charge is 0.398 e. The maximum absolute atomic E-state index is 6.09. The second-order valence-electron chi connectivity index (χ2n) is 5.48. The molecule has 0 atom stereocenters. The van der Waals surface area contributed by atoms with E-state index in [9.17, 15) is 0 Å². The summed E-state index contributed by atoms with van der Waals surface area (Å²) in [7, 11) is 0. The second-order valence-corrected chi connectivity index (χ2v) is 5.48. The second kappa shape index (κ2) is 5.70. The van der Waals surface area contributed by atoms with Crippen molar-refractivity contribution in [2.24, 2.45) is 0 Å². The molecular weight excluding hydrogens is 222 g/mol. The zero-order valence-electron chi connectivity index (χ0n) is 11.9. The number of pyridine rings is 1. The smallest absolute Gasteiger partial charge is 0.0593 e. The van der Waals surface area contributed by atoms with Crippen LogP contribution in [-0.4, -0.2) is 22.5 Å². The van der Waals surface area contributed by atoms with E-state index in [-0.39, 0.29) is 0 Å². The Balaban J connectivity index is 2.08. The molecule has 1 fully saturated rings. The van der Waals surface area contributed by atoms with Gasteiger partial charge in [-0.2, -0.15) is 0 Å². The highest BCUT2D eigenvalue weighted by atomic mass is 15.2. The van der Waals surface area contributed by atoms with Gasteiger partial charge in [-0.25, -0.2) is 0 Å². The quantitative estimate of drug-likeness (QED) is 0.840. The first-order chi connectivity index (χ1) is 8.63. The summed E-state index contributed by atoms with van der Waals surface area (Å²) in [5.74, 6) is 0. The number of hydrogen-bond acceptors (Lipinski definition) is 3. The SMILES string of the molecule is CCCCN(Cc1ncc(C)c(N)c1C)C1CC1. The Hall–Kier alpha value is -1.09. The average Bonchev–Trinajstić information content (AvgIpc) is 3.18. The first kappa shape index (κ1) is 13.3. The van der Waals surface area contributed by atoms with Crippen molar-refractivity contribution in [3.05, 3.63) is 23.0 Å². The molecule has 18 heavy (non-hydrogen) atoms. The van der Waals surface area contributed by atoms with E-state index in [1.165, 1.54) is 32.2 Å². The van der Waals surface area contributed by atoms with Gasteiger partial charge in [-0.3, -0.25) is 9.88 Å². The number of aryl methyl sites for hydroxylation is 1. The van der Waals surface area contributed by atoms with Crippen LogP contribution in [0.5, 0.6) is 0 Å². The highest BCUT2D eigenvalue weighted by molar-refractivity contribution is 5.53. The number of nitrogens with zero attached hydrogens (tertiary/aromatic N) is 2. The van der Waals surface area contributed by atoms with Crippen LogP contribution in [0.1, 0.15) is 49.4 Å². The maximum Gasteiger partial charge on any atom is 0.0593 e. The first-order valence-electron chi connectivity index (χ1n) is 7.08. The fourth-order valence-corrected chi connectivity index (χ4v) is 2.34. The number of nitrogens with two attached hydrogens (primary N) is 1. The summed E-state index contributed by atoms with van der Waals surface area (Å²) in [6, 6.07) is 0.792. The van der Waals surface area contributed by atoms with E-state index in [4.69, 9.17) is 5.73 Å². The van der Waals surface area contributed by atoms with E-state index in [1.807, 2.05) is 13.1 Å². The van der Waals surface area contributed by atoms with E-state index in [1.54, 1.807) is 0 Å². The van der Waals surface area contributed by atoms with Crippen molar-refractivity contribution in [3.63, 3.8) is 0 Å². The van der Waals surface area contributed by atoms with E-state index in [0.29, 0.717) is 0 Å². The molecule has 0 aliphatic heterocycles. The normalized spacial score (nSPS) is 15.3. The molecular formula is C15H25N3. The molecule has 0 amide bonds. The van der Waals surface area contributed by atoms with Crippen molar-refractivity contribution in [2.75, 3.05) is 12.3 Å². The number of anilines is 1. The molecule has 1 aromatic rings. The van der Waals surface area contributed by atoms with Gasteiger partial charge in [-0.1, -0.05) is 13.3 Å². The molecule has 2 N–H and O–H groups in total. The maximum atomic E-state index is 6.09. The minimum absolute atomic E-state index is 0.792. The molecule has 0 aromatic carbocycles. The number of unbranched alkanes of at least 4 members (excludes halogenated alkanes) is 1. The molecule has 1 aliphatic rings. The van der Waals surface area contributed by atoms with E-state index < -0.39 is 0 Å². The topological polar surface area (TPSA) is 42.2 Å². The summed E-state index contributed by atoms with van der Waals surface area (Å²) in [6.45, 7) is 8.51. The van der Waals surface area contributed by atoms with Gasteiger partial charge >= 0.3 is 0 Å². The van der Waals surface area contributed by atoms with Gasteiger partial charge in [0.1, 0.15) is 0 Å². The Morgan fingerprint density at radius 1 is 1.39 bits per heavy atom. The molecule has 1 aromatic heterocycles. The Kier molecular flexibility index (Phi) is 4.23. The van der Waals surface area contributed by atoms with Crippen LogP contribution in [0.4, 0.5) is 5.69 Å². The predicted molar refractivity (Wildman–Crippen MR) is 76.5 cm³/mol. The van der Waals surface area contributed by atoms with Gasteiger partial charge in [0.05, 0.1) is 5.69 Å². The van der Waals surface area contributed by atoms with Crippen LogP contribution in [-0.2, 0) is 6.54 Å². The van der Waals surface area contributed by atoms with Crippen LogP contribution < -0.4 is 5.73 Å². The van der Waals surface area contributed by atoms with Crippen molar-refractivity contribution >= 4 is 5.69 Å². The molecule has 1 heterocycles. The lowest BCUT2D eigenvalue weighted by atomic mass is 10.1. The van der Waals surface area contributed by atoms with Gasteiger partial charge in [0.25, 0.3) is 0 Å². The van der Waals surface area contributed by atoms with Gasteiger partial charge in [-0.05, 0) is 50.8 Å². The van der Waals surface area contributed by atoms with E-state index in [0.717, 1.165) is 35.1 Å². The summed E-state index contributed by atoms with van der Waals surface area (Å²) in [5.41, 5.74) is 10.4. The molecule has 2 rings (SSSR count). The molecule has 100 valence electrons. The van der Waals surface area contributed by atoms with Crippen LogP contribution in [0.2, 0.25) is 0 Å². The summed E-state index contributed by atoms with van der Waals surface area (Å²) in [6.07, 6.45) is 7.14. The van der Waals surface area contributed by atoms with Gasteiger partial charge in [0.15, 0.2) is 0 Å². The highest BCUT2D eigenvalue weighted by Crippen LogP contribution is 2.29. The number of nitrogen functional groups attached to an aromatic ring is 1. The van der Waals surface area contributed by atoms with Crippen molar-refractivity contribution in [3.8, 4) is 0 Å². The zero-order valence-corrected chi connectivity index (χ0v) is 11.9. The number of rotatable bonds is 6. The van der Waals surface area contributed by atoms with Crippen molar-refractivity contribution in [1.29, 1.82) is 0 Å². The van der Waals surface area contributed by atoms with Crippen LogP contribution >= 0.6 is 0 Å². The van der Waals surface area contributed by atoms with E-state index >= 15 is 0 Å². The van der Waals surface area contributed by atoms with Gasteiger partial charge < -0.3 is 5.73 Å². The standard InChI is InChI=1S/C15H25N3/c1-4-5-8-18(13-6-7-13)10-14-12(3)15(16)11(2)9-17-14/h9,13H,4-8,10H2,1-3H3,(H2,16,17). The fraction of sp³-hybridized carbons (Fsp3) is 0.667. The lowest BCUT2D eigenvalue weighted by Crippen LogP contribution is -2.27. The fourth-order valence-electron chi connectivity index (χ4n) is 2.34. The lowest BCUT2D eigenvalue weighted by Gasteiger charge is -2.22. The predicted octanol–water partition coefficient (Wildman–Crippen LogP) is 3.05. The molecule has 0 unspecified atom stereocenters. The van der Waals surface area contributed by atoms with Gasteiger partial charge in [0, 0.05) is 24.5 Å². The molecule has 0 spiro atoms. The zero-order chi connectivity index (χ0) is 13.1. The third-order valence-electron chi connectivity index (χ3n) is 3.89. The third-order valence-corrected chi connectivity index (χ3v) is 3.89. The van der Waals surface area contributed by atoms with Gasteiger partial charge in [0.2, 0.25) is 0 Å². The Morgan fingerprint density at radius 3 is 2.72 bits per heavy atom. The molecule has 3 heteroatoms. The first-order valence-corrected chi connectivity index (χ1v) is 7.08. The Morgan fingerprint density at radius 2 is 2.11 bits per heavy atom. The van der Waals surface area contributed by atoms with Crippen LogP contribution in [0.15, 0.2) is 6.20 Å². The van der Waals surface area contributed by atoms with Crippen molar-refractivity contribution in [2.45, 2.75) is 59.0 Å². The summed E-state index contributed by atoms with van der Waals surface area (Å²) in [5, 5.41) is 0. The summed E-state index contributed by atoms with van der Waals surface area (Å²) < 4.78 is 0. The number of hydrogen-bond donors (Lipinski definition) is 1. The summed E-state index contributed by atoms with van der Waals surface area (Å²) >= 11 is 0. The van der Waals surface area contributed by atoms with Crippen molar-refractivity contribution < 1.29 is 0 Å². The molecule has 0 radical (unpaired) electrons. The highest BCUT2D eigenvalue weighted by Gasteiger charge is 2.29. The lowest BCUT2D eigenvalue weighted by molar-refractivity contribution is 0.247. The number of aromatic nitrogens is 1. The Labute approximate surface area is 110 Å². The average molecular weight is 247 g/mol. The van der Waals surface area contributed by atoms with Crippen LogP contribution in [0.3, 0.4) is 0 Å². The third kappa shape index (κ3) is 3.02. The molecule has 0 bridgehead atoms. The molecule has 3 nitrogen and oxygen atoms in total. The van der Waals surface area contributed by atoms with Gasteiger partial charge in [-0.15, -0.1) is 0 Å². The monoisotopic (exact) mass is 247 g/mol. The Bertz CT molecular complexity index is 410. The minimum atomic E-state index is 0.792. The molecule has 1 saturated carbocycles. The summed E-state index contributed by atoms with van der Waals surface area (Å²) in [4.78, 5) is 7.15. The molecule has 1 aliphatic carbocycles. The van der Waals surface area contributed by atoms with Crippen molar-refractivity contribution in [1.82, 2.24) is 9.88 Å². The van der Waals surface area contributed by atoms with E-state index in [2.05, 4.69) is 23.7 Å².